The molecule has 0 radical (unpaired) electrons. The first-order chi connectivity index (χ1) is 8.63. The van der Waals surface area contributed by atoms with Gasteiger partial charge in [-0.05, 0) is 31.0 Å². The maximum Gasteiger partial charge on any atom is 0.165 e. The van der Waals surface area contributed by atoms with Crippen LogP contribution in [-0.4, -0.2) is 12.9 Å². The Morgan fingerprint density at radius 2 is 2.11 bits per heavy atom. The number of ketones is 1. The van der Waals surface area contributed by atoms with Gasteiger partial charge in [0, 0.05) is 11.5 Å². The van der Waals surface area contributed by atoms with Gasteiger partial charge in [-0.25, -0.2) is 0 Å². The first-order valence-corrected chi connectivity index (χ1v) is 6.89. The minimum absolute atomic E-state index is 0.106. The number of hydrogen-bond donors (Lipinski definition) is 0. The van der Waals surface area contributed by atoms with E-state index in [-0.39, 0.29) is 11.7 Å². The average Bonchev–Trinajstić information content (AvgIpc) is 2.39. The highest BCUT2D eigenvalue weighted by molar-refractivity contribution is 6.32. The number of Topliss-reactive ketones (excluding diaryl/α,β-unsaturated/α-hetero) is 1. The SMILES string of the molecule is CCCCC(CC)C(=O)c1ccc(OC)c(Cl)c1. The number of methoxy groups -OCH3 is 1. The number of unbranched alkanes of at least 4 members (excludes halogenated alkanes) is 1. The molecule has 1 unspecified atom stereocenters. The largest absolute Gasteiger partial charge is 0.495 e. The van der Waals surface area contributed by atoms with Crippen molar-refractivity contribution in [3.63, 3.8) is 0 Å². The molecule has 1 rings (SSSR count). The van der Waals surface area contributed by atoms with Crippen LogP contribution in [0.4, 0.5) is 0 Å². The quantitative estimate of drug-likeness (QED) is 0.667. The van der Waals surface area contributed by atoms with E-state index in [1.54, 1.807) is 25.3 Å². The highest BCUT2D eigenvalue weighted by Gasteiger charge is 2.18. The Balaban J connectivity index is 2.84. The number of halogens is 1. The fourth-order valence-electron chi connectivity index (χ4n) is 2.03. The lowest BCUT2D eigenvalue weighted by molar-refractivity contribution is 0.0908. The van der Waals surface area contributed by atoms with Gasteiger partial charge in [0.2, 0.25) is 0 Å². The molecule has 18 heavy (non-hydrogen) atoms. The number of hydrogen-bond acceptors (Lipinski definition) is 2. The van der Waals surface area contributed by atoms with Crippen molar-refractivity contribution in [2.75, 3.05) is 7.11 Å². The fraction of sp³-hybridized carbons (Fsp3) is 0.533. The summed E-state index contributed by atoms with van der Waals surface area (Å²) in [5, 5.41) is 0.494. The fourth-order valence-corrected chi connectivity index (χ4v) is 2.28. The van der Waals surface area contributed by atoms with Crippen molar-refractivity contribution in [2.45, 2.75) is 39.5 Å². The molecule has 2 nitrogen and oxygen atoms in total. The van der Waals surface area contributed by atoms with Crippen LogP contribution in [0.15, 0.2) is 18.2 Å². The predicted octanol–water partition coefficient (Wildman–Crippen LogP) is 4.75. The second-order valence-corrected chi connectivity index (χ2v) is 4.87. The van der Waals surface area contributed by atoms with Gasteiger partial charge in [-0.3, -0.25) is 4.79 Å². The average molecular weight is 269 g/mol. The number of rotatable bonds is 7. The first-order valence-electron chi connectivity index (χ1n) is 6.51. The van der Waals surface area contributed by atoms with Gasteiger partial charge in [-0.2, -0.15) is 0 Å². The summed E-state index contributed by atoms with van der Waals surface area (Å²) in [6.45, 7) is 4.20. The summed E-state index contributed by atoms with van der Waals surface area (Å²) in [6, 6.07) is 5.25. The predicted molar refractivity (Wildman–Crippen MR) is 75.6 cm³/mol. The number of carbonyl (C=O) groups is 1. The van der Waals surface area contributed by atoms with Crippen LogP contribution in [-0.2, 0) is 0 Å². The molecule has 3 heteroatoms. The Hall–Kier alpha value is -1.02. The minimum Gasteiger partial charge on any atom is -0.495 e. The van der Waals surface area contributed by atoms with Crippen LogP contribution in [0.5, 0.6) is 5.75 Å². The Morgan fingerprint density at radius 3 is 2.61 bits per heavy atom. The van der Waals surface area contributed by atoms with E-state index < -0.39 is 0 Å². The van der Waals surface area contributed by atoms with Crippen molar-refractivity contribution in [1.82, 2.24) is 0 Å². The zero-order valence-electron chi connectivity index (χ0n) is 11.3. The van der Waals surface area contributed by atoms with E-state index in [4.69, 9.17) is 16.3 Å². The van der Waals surface area contributed by atoms with Gasteiger partial charge in [0.15, 0.2) is 5.78 Å². The zero-order chi connectivity index (χ0) is 13.5. The molecule has 100 valence electrons. The third-order valence-electron chi connectivity index (χ3n) is 3.21. The molecule has 0 spiro atoms. The van der Waals surface area contributed by atoms with E-state index in [0.717, 1.165) is 25.7 Å². The molecule has 0 amide bonds. The molecule has 0 fully saturated rings. The third kappa shape index (κ3) is 3.74. The van der Waals surface area contributed by atoms with Crippen LogP contribution in [0.1, 0.15) is 49.9 Å². The molecule has 0 aliphatic heterocycles. The molecule has 0 heterocycles. The lowest BCUT2D eigenvalue weighted by atomic mass is 9.90. The van der Waals surface area contributed by atoms with Crippen LogP contribution < -0.4 is 4.74 Å². The monoisotopic (exact) mass is 268 g/mol. The van der Waals surface area contributed by atoms with E-state index in [0.29, 0.717) is 16.3 Å². The van der Waals surface area contributed by atoms with Gasteiger partial charge in [-0.15, -0.1) is 0 Å². The summed E-state index contributed by atoms with van der Waals surface area (Å²) in [7, 11) is 1.57. The molecule has 0 aromatic heterocycles. The van der Waals surface area contributed by atoms with Crippen LogP contribution in [0.2, 0.25) is 5.02 Å². The Morgan fingerprint density at radius 1 is 1.39 bits per heavy atom. The Labute approximate surface area is 114 Å². The summed E-state index contributed by atoms with van der Waals surface area (Å²) in [6.07, 6.45) is 4.04. The van der Waals surface area contributed by atoms with E-state index >= 15 is 0 Å². The standard InChI is InChI=1S/C15H21ClO2/c1-4-6-7-11(5-2)15(17)12-8-9-14(18-3)13(16)10-12/h8-11H,4-7H2,1-3H3. The van der Waals surface area contributed by atoms with Crippen molar-refractivity contribution < 1.29 is 9.53 Å². The molecular weight excluding hydrogens is 248 g/mol. The molecule has 1 aromatic rings. The lowest BCUT2D eigenvalue weighted by Gasteiger charge is -2.14. The topological polar surface area (TPSA) is 26.3 Å². The Bertz CT molecular complexity index is 401. The summed E-state index contributed by atoms with van der Waals surface area (Å²) < 4.78 is 5.09. The van der Waals surface area contributed by atoms with E-state index in [1.807, 2.05) is 0 Å². The Kier molecular flexibility index (Phi) is 6.20. The number of ether oxygens (including phenoxy) is 1. The normalized spacial score (nSPS) is 12.2. The van der Waals surface area contributed by atoms with Gasteiger partial charge in [0.1, 0.15) is 5.75 Å². The summed E-state index contributed by atoms with van der Waals surface area (Å²) in [4.78, 5) is 12.3. The second-order valence-electron chi connectivity index (χ2n) is 4.46. The van der Waals surface area contributed by atoms with Gasteiger partial charge in [0.25, 0.3) is 0 Å². The van der Waals surface area contributed by atoms with Gasteiger partial charge in [-0.1, -0.05) is 38.3 Å². The highest BCUT2D eigenvalue weighted by atomic mass is 35.5. The molecule has 0 saturated heterocycles. The lowest BCUT2D eigenvalue weighted by Crippen LogP contribution is -2.14. The van der Waals surface area contributed by atoms with Crippen LogP contribution in [0.3, 0.4) is 0 Å². The zero-order valence-corrected chi connectivity index (χ0v) is 12.1. The molecule has 0 N–H and O–H groups in total. The molecule has 0 saturated carbocycles. The minimum atomic E-state index is 0.106. The third-order valence-corrected chi connectivity index (χ3v) is 3.50. The first kappa shape index (κ1) is 15.0. The van der Waals surface area contributed by atoms with Gasteiger partial charge >= 0.3 is 0 Å². The highest BCUT2D eigenvalue weighted by Crippen LogP contribution is 2.27. The number of carbonyl (C=O) groups excluding carboxylic acids is 1. The second kappa shape index (κ2) is 7.42. The van der Waals surface area contributed by atoms with Crippen molar-refractivity contribution in [2.24, 2.45) is 5.92 Å². The van der Waals surface area contributed by atoms with Crippen molar-refractivity contribution in [3.05, 3.63) is 28.8 Å². The van der Waals surface area contributed by atoms with Gasteiger partial charge < -0.3 is 4.74 Å². The van der Waals surface area contributed by atoms with Gasteiger partial charge in [0.05, 0.1) is 12.1 Å². The smallest absolute Gasteiger partial charge is 0.165 e. The maximum atomic E-state index is 12.3. The summed E-state index contributed by atoms with van der Waals surface area (Å²) in [5.74, 6) is 0.903. The molecule has 0 bridgehead atoms. The van der Waals surface area contributed by atoms with Crippen molar-refractivity contribution in [3.8, 4) is 5.75 Å². The van der Waals surface area contributed by atoms with Crippen LogP contribution in [0.25, 0.3) is 0 Å². The molecule has 1 atom stereocenters. The summed E-state index contributed by atoms with van der Waals surface area (Å²) >= 11 is 6.05. The van der Waals surface area contributed by atoms with Crippen LogP contribution >= 0.6 is 11.6 Å². The molecule has 0 aliphatic carbocycles. The van der Waals surface area contributed by atoms with Crippen molar-refractivity contribution in [1.29, 1.82) is 0 Å². The van der Waals surface area contributed by atoms with E-state index in [1.165, 1.54) is 0 Å². The molecular formula is C15H21ClO2. The van der Waals surface area contributed by atoms with Crippen LogP contribution in [0, 0.1) is 5.92 Å². The summed E-state index contributed by atoms with van der Waals surface area (Å²) in [5.41, 5.74) is 0.684. The molecule has 0 aliphatic rings. The van der Waals surface area contributed by atoms with E-state index in [2.05, 4.69) is 13.8 Å². The van der Waals surface area contributed by atoms with E-state index in [9.17, 15) is 4.79 Å². The molecule has 1 aromatic carbocycles. The maximum absolute atomic E-state index is 12.3. The van der Waals surface area contributed by atoms with Crippen molar-refractivity contribution >= 4 is 17.4 Å². The number of benzene rings is 1.